The Morgan fingerprint density at radius 2 is 1.90 bits per heavy atom. The van der Waals surface area contributed by atoms with E-state index in [1.807, 2.05) is 0 Å². The van der Waals surface area contributed by atoms with Crippen LogP contribution in [0, 0.1) is 15.9 Å². The van der Waals surface area contributed by atoms with Gasteiger partial charge >= 0.3 is 0 Å². The zero-order valence-electron chi connectivity index (χ0n) is 10.4. The number of nitrogens with zero attached hydrogens (tertiary/aromatic N) is 1. The van der Waals surface area contributed by atoms with Gasteiger partial charge in [0, 0.05) is 12.1 Å². The van der Waals surface area contributed by atoms with E-state index in [1.54, 1.807) is 0 Å². The molecule has 0 saturated heterocycles. The van der Waals surface area contributed by atoms with Gasteiger partial charge in [-0.15, -0.1) is 0 Å². The van der Waals surface area contributed by atoms with Crippen LogP contribution in [-0.2, 0) is 0 Å². The fraction of sp³-hybridized carbons (Fsp3) is 0. The summed E-state index contributed by atoms with van der Waals surface area (Å²) in [6, 6.07) is 7.17. The van der Waals surface area contributed by atoms with Gasteiger partial charge in [0.2, 0.25) is 0 Å². The molecular weight excluding hydrogens is 347 g/mol. The van der Waals surface area contributed by atoms with E-state index in [4.69, 9.17) is 10.5 Å². The number of carbonyl (C=O) groups is 1. The van der Waals surface area contributed by atoms with E-state index in [2.05, 4.69) is 15.9 Å². The highest BCUT2D eigenvalue weighted by Crippen LogP contribution is 2.33. The summed E-state index contributed by atoms with van der Waals surface area (Å²) >= 11 is 3.11. The smallest absolute Gasteiger partial charge is 0.270 e. The highest BCUT2D eigenvalue weighted by atomic mass is 79.9. The molecule has 0 aromatic heterocycles. The van der Waals surface area contributed by atoms with Gasteiger partial charge in [0.05, 0.1) is 15.0 Å². The quantitative estimate of drug-likeness (QED) is 0.672. The summed E-state index contributed by atoms with van der Waals surface area (Å²) in [6.07, 6.45) is 0. The van der Waals surface area contributed by atoms with Gasteiger partial charge in [-0.2, -0.15) is 0 Å². The minimum Gasteiger partial charge on any atom is -0.455 e. The number of amides is 1. The molecule has 2 aromatic rings. The van der Waals surface area contributed by atoms with Gasteiger partial charge in [-0.3, -0.25) is 14.9 Å². The van der Waals surface area contributed by atoms with Crippen molar-refractivity contribution in [3.05, 3.63) is 62.4 Å². The van der Waals surface area contributed by atoms with Gasteiger partial charge < -0.3 is 10.5 Å². The van der Waals surface area contributed by atoms with Crippen LogP contribution in [0.25, 0.3) is 0 Å². The number of carbonyl (C=O) groups excluding carboxylic acids is 1. The molecule has 0 aliphatic heterocycles. The molecule has 2 N–H and O–H groups in total. The predicted octanol–water partition coefficient (Wildman–Crippen LogP) is 3.39. The molecule has 1 amide bonds. The topological polar surface area (TPSA) is 95.5 Å². The number of nitro groups is 1. The summed E-state index contributed by atoms with van der Waals surface area (Å²) in [5, 5.41) is 10.7. The fourth-order valence-electron chi connectivity index (χ4n) is 1.59. The van der Waals surface area contributed by atoms with Crippen molar-refractivity contribution in [2.24, 2.45) is 5.73 Å². The lowest BCUT2D eigenvalue weighted by molar-refractivity contribution is -0.384. The lowest BCUT2D eigenvalue weighted by Crippen LogP contribution is -2.12. The average molecular weight is 355 g/mol. The Bertz CT molecular complexity index is 736. The molecule has 0 fully saturated rings. The van der Waals surface area contributed by atoms with Crippen LogP contribution in [0.4, 0.5) is 10.1 Å². The highest BCUT2D eigenvalue weighted by molar-refractivity contribution is 9.10. The van der Waals surface area contributed by atoms with E-state index in [0.717, 1.165) is 6.07 Å². The summed E-state index contributed by atoms with van der Waals surface area (Å²) in [4.78, 5) is 21.4. The van der Waals surface area contributed by atoms with Crippen molar-refractivity contribution in [2.75, 3.05) is 0 Å². The second-order valence-corrected chi connectivity index (χ2v) is 4.83. The lowest BCUT2D eigenvalue weighted by Gasteiger charge is -2.10. The van der Waals surface area contributed by atoms with Gasteiger partial charge in [0.1, 0.15) is 17.3 Å². The monoisotopic (exact) mass is 354 g/mol. The maximum atomic E-state index is 13.0. The number of non-ortho nitro benzene ring substituents is 1. The SMILES string of the molecule is NC(=O)c1cc([N+](=O)[O-])ccc1Oc1ccc(F)cc1Br. The molecule has 0 aliphatic carbocycles. The van der Waals surface area contributed by atoms with Gasteiger partial charge in [-0.1, -0.05) is 0 Å². The number of hydrogen-bond acceptors (Lipinski definition) is 4. The molecular formula is C13H8BrFN2O4. The molecule has 2 rings (SSSR count). The molecule has 0 heterocycles. The van der Waals surface area contributed by atoms with Gasteiger partial charge in [-0.05, 0) is 40.2 Å². The first-order valence-corrected chi connectivity index (χ1v) is 6.39. The van der Waals surface area contributed by atoms with Crippen LogP contribution >= 0.6 is 15.9 Å². The first-order valence-electron chi connectivity index (χ1n) is 5.59. The molecule has 2 aromatic carbocycles. The minimum absolute atomic E-state index is 0.0420. The third-order valence-electron chi connectivity index (χ3n) is 2.55. The van der Waals surface area contributed by atoms with E-state index in [0.29, 0.717) is 4.47 Å². The molecule has 8 heteroatoms. The summed E-state index contributed by atoms with van der Waals surface area (Å²) in [7, 11) is 0. The Morgan fingerprint density at radius 1 is 1.24 bits per heavy atom. The molecule has 108 valence electrons. The largest absolute Gasteiger partial charge is 0.455 e. The number of rotatable bonds is 4. The maximum Gasteiger partial charge on any atom is 0.270 e. The first-order chi connectivity index (χ1) is 9.88. The van der Waals surface area contributed by atoms with Crippen LogP contribution in [0.3, 0.4) is 0 Å². The van der Waals surface area contributed by atoms with Gasteiger partial charge in [0.25, 0.3) is 11.6 Å². The standard InChI is InChI=1S/C13H8BrFN2O4/c14-10-5-7(15)1-3-12(10)21-11-4-2-8(17(19)20)6-9(11)13(16)18/h1-6H,(H2,16,18). The molecule has 0 unspecified atom stereocenters. The number of benzene rings is 2. The molecule has 0 saturated carbocycles. The van der Waals surface area contributed by atoms with Crippen LogP contribution in [-0.4, -0.2) is 10.8 Å². The van der Waals surface area contributed by atoms with Crippen molar-refractivity contribution >= 4 is 27.5 Å². The summed E-state index contributed by atoms with van der Waals surface area (Å²) in [5.74, 6) is -1.05. The van der Waals surface area contributed by atoms with Crippen LogP contribution in [0.1, 0.15) is 10.4 Å². The van der Waals surface area contributed by atoms with Gasteiger partial charge in [-0.25, -0.2) is 4.39 Å². The zero-order valence-corrected chi connectivity index (χ0v) is 12.0. The Hall–Kier alpha value is -2.48. The first kappa shape index (κ1) is 14.9. The van der Waals surface area contributed by atoms with E-state index in [1.165, 1.54) is 30.3 Å². The van der Waals surface area contributed by atoms with Crippen LogP contribution in [0.2, 0.25) is 0 Å². The number of hydrogen-bond donors (Lipinski definition) is 1. The zero-order chi connectivity index (χ0) is 15.6. The summed E-state index contributed by atoms with van der Waals surface area (Å²) in [6.45, 7) is 0. The second kappa shape index (κ2) is 5.88. The Labute approximate surface area is 126 Å². The van der Waals surface area contributed by atoms with Crippen LogP contribution in [0.15, 0.2) is 40.9 Å². The number of nitro benzene ring substituents is 1. The third-order valence-corrected chi connectivity index (χ3v) is 3.17. The van der Waals surface area contributed by atoms with Crippen molar-refractivity contribution < 1.29 is 18.8 Å². The van der Waals surface area contributed by atoms with Crippen LogP contribution < -0.4 is 10.5 Å². The molecule has 0 spiro atoms. The molecule has 6 nitrogen and oxygen atoms in total. The number of primary amides is 1. The Morgan fingerprint density at radius 3 is 2.48 bits per heavy atom. The lowest BCUT2D eigenvalue weighted by atomic mass is 10.1. The average Bonchev–Trinajstić information content (AvgIpc) is 2.41. The van der Waals surface area contributed by atoms with E-state index >= 15 is 0 Å². The maximum absolute atomic E-state index is 13.0. The second-order valence-electron chi connectivity index (χ2n) is 3.98. The van der Waals surface area contributed by atoms with Crippen molar-refractivity contribution in [3.63, 3.8) is 0 Å². The van der Waals surface area contributed by atoms with Crippen LogP contribution in [0.5, 0.6) is 11.5 Å². The molecule has 21 heavy (non-hydrogen) atoms. The van der Waals surface area contributed by atoms with Crippen molar-refractivity contribution in [1.29, 1.82) is 0 Å². The predicted molar refractivity (Wildman–Crippen MR) is 75.8 cm³/mol. The van der Waals surface area contributed by atoms with Crippen molar-refractivity contribution in [2.45, 2.75) is 0 Å². The highest BCUT2D eigenvalue weighted by Gasteiger charge is 2.17. The summed E-state index contributed by atoms with van der Waals surface area (Å²) < 4.78 is 18.8. The molecule has 0 atom stereocenters. The summed E-state index contributed by atoms with van der Waals surface area (Å²) in [5.41, 5.74) is 4.76. The Kier molecular flexibility index (Phi) is 4.18. The third kappa shape index (κ3) is 3.34. The molecule has 0 aliphatic rings. The fourth-order valence-corrected chi connectivity index (χ4v) is 2.02. The molecule has 0 bridgehead atoms. The minimum atomic E-state index is -0.869. The van der Waals surface area contributed by atoms with Gasteiger partial charge in [0.15, 0.2) is 0 Å². The Balaban J connectivity index is 2.44. The van der Waals surface area contributed by atoms with E-state index in [9.17, 15) is 19.3 Å². The van der Waals surface area contributed by atoms with Crippen molar-refractivity contribution in [3.8, 4) is 11.5 Å². The number of halogens is 2. The van der Waals surface area contributed by atoms with Crippen molar-refractivity contribution in [1.82, 2.24) is 0 Å². The molecule has 0 radical (unpaired) electrons. The van der Waals surface area contributed by atoms with E-state index in [-0.39, 0.29) is 22.7 Å². The normalized spacial score (nSPS) is 10.2. The number of nitrogens with two attached hydrogens (primary N) is 1. The number of ether oxygens (including phenoxy) is 1. The van der Waals surface area contributed by atoms with E-state index < -0.39 is 16.6 Å².